The van der Waals surface area contributed by atoms with Crippen molar-refractivity contribution in [3.8, 4) is 0 Å². The molecule has 2 atom stereocenters. The lowest BCUT2D eigenvalue weighted by Gasteiger charge is -2.05. The zero-order valence-electron chi connectivity index (χ0n) is 7.36. The summed E-state index contributed by atoms with van der Waals surface area (Å²) in [5, 5.41) is 8.42. The second kappa shape index (κ2) is 4.23. The van der Waals surface area contributed by atoms with Crippen LogP contribution in [0.25, 0.3) is 0 Å². The van der Waals surface area contributed by atoms with Crippen molar-refractivity contribution < 1.29 is 24.2 Å². The Morgan fingerprint density at radius 3 is 2.85 bits per heavy atom. The number of rotatable bonds is 4. The Hall–Kier alpha value is -1.10. The van der Waals surface area contributed by atoms with Crippen LogP contribution in [0.3, 0.4) is 0 Å². The Labute approximate surface area is 75.6 Å². The summed E-state index contributed by atoms with van der Waals surface area (Å²) in [7, 11) is 0. The zero-order valence-corrected chi connectivity index (χ0v) is 7.36. The second-order valence-electron chi connectivity index (χ2n) is 2.88. The molecule has 5 nitrogen and oxygen atoms in total. The van der Waals surface area contributed by atoms with Crippen LogP contribution in [-0.2, 0) is 19.1 Å². The fourth-order valence-electron chi connectivity index (χ4n) is 1.12. The fourth-order valence-corrected chi connectivity index (χ4v) is 1.12. The van der Waals surface area contributed by atoms with Gasteiger partial charge in [0.05, 0.1) is 6.42 Å². The van der Waals surface area contributed by atoms with Crippen molar-refractivity contribution in [1.82, 2.24) is 0 Å². The van der Waals surface area contributed by atoms with Gasteiger partial charge in [-0.3, -0.25) is 4.79 Å². The number of esters is 1. The van der Waals surface area contributed by atoms with Gasteiger partial charge in [0.15, 0.2) is 6.10 Å². The third kappa shape index (κ3) is 2.69. The Kier molecular flexibility index (Phi) is 3.25. The Morgan fingerprint density at radius 1 is 1.62 bits per heavy atom. The van der Waals surface area contributed by atoms with Crippen LogP contribution < -0.4 is 0 Å². The van der Waals surface area contributed by atoms with E-state index in [4.69, 9.17) is 14.6 Å². The van der Waals surface area contributed by atoms with Gasteiger partial charge in [-0.25, -0.2) is 4.79 Å². The molecule has 0 aromatic rings. The summed E-state index contributed by atoms with van der Waals surface area (Å²) >= 11 is 0. The molecule has 0 aromatic carbocycles. The summed E-state index contributed by atoms with van der Waals surface area (Å²) in [6, 6.07) is 0. The average molecular weight is 188 g/mol. The lowest BCUT2D eigenvalue weighted by Crippen LogP contribution is -2.20. The minimum absolute atomic E-state index is 0.320. The molecule has 1 saturated heterocycles. The monoisotopic (exact) mass is 188 g/mol. The molecule has 1 aliphatic heterocycles. The highest BCUT2D eigenvalue weighted by molar-refractivity contribution is 5.82. The minimum atomic E-state index is -1.06. The molecule has 1 aliphatic rings. The quantitative estimate of drug-likeness (QED) is 0.651. The van der Waals surface area contributed by atoms with Crippen LogP contribution in [-0.4, -0.2) is 29.4 Å². The summed E-state index contributed by atoms with van der Waals surface area (Å²) in [6.45, 7) is 1.93. The first-order chi connectivity index (χ1) is 6.13. The number of aliphatic carboxylic acids is 1. The van der Waals surface area contributed by atoms with E-state index in [0.29, 0.717) is 6.42 Å². The van der Waals surface area contributed by atoms with Gasteiger partial charge in [0, 0.05) is 6.42 Å². The fraction of sp³-hybridized carbons (Fsp3) is 0.750. The van der Waals surface area contributed by atoms with Gasteiger partial charge < -0.3 is 14.6 Å². The summed E-state index contributed by atoms with van der Waals surface area (Å²) in [5.41, 5.74) is 0. The van der Waals surface area contributed by atoms with Crippen LogP contribution in [0.15, 0.2) is 0 Å². The van der Waals surface area contributed by atoms with Crippen molar-refractivity contribution in [2.24, 2.45) is 0 Å². The van der Waals surface area contributed by atoms with Crippen molar-refractivity contribution in [2.45, 2.75) is 38.6 Å². The molecular weight excluding hydrogens is 176 g/mol. The van der Waals surface area contributed by atoms with Gasteiger partial charge in [-0.05, 0) is 0 Å². The average Bonchev–Trinajstić information content (AvgIpc) is 2.31. The molecule has 0 unspecified atom stereocenters. The van der Waals surface area contributed by atoms with Crippen LogP contribution >= 0.6 is 0 Å². The molecule has 1 rings (SSSR count). The molecular formula is C8H12O5. The molecule has 5 heteroatoms. The van der Waals surface area contributed by atoms with E-state index in [0.717, 1.165) is 6.42 Å². The van der Waals surface area contributed by atoms with E-state index in [9.17, 15) is 9.59 Å². The third-order valence-corrected chi connectivity index (χ3v) is 1.71. The van der Waals surface area contributed by atoms with E-state index in [1.807, 2.05) is 6.92 Å². The molecule has 0 spiro atoms. The van der Waals surface area contributed by atoms with Gasteiger partial charge in [0.25, 0.3) is 0 Å². The maximum Gasteiger partial charge on any atom is 0.338 e. The zero-order chi connectivity index (χ0) is 9.84. The lowest BCUT2D eigenvalue weighted by molar-refractivity contribution is -0.146. The topological polar surface area (TPSA) is 72.8 Å². The van der Waals surface area contributed by atoms with Gasteiger partial charge in [-0.15, -0.1) is 0 Å². The smallest absolute Gasteiger partial charge is 0.338 e. The molecule has 0 aromatic heterocycles. The van der Waals surface area contributed by atoms with Crippen LogP contribution in [0.4, 0.5) is 0 Å². The number of carboxylic acid groups (broad SMARTS) is 1. The van der Waals surface area contributed by atoms with E-state index in [-0.39, 0.29) is 6.42 Å². The number of hydrogen-bond donors (Lipinski definition) is 1. The number of carbonyl (C=O) groups is 2. The Balaban J connectivity index is 2.41. The Morgan fingerprint density at radius 2 is 2.31 bits per heavy atom. The number of ether oxygens (including phenoxy) is 2. The normalized spacial score (nSPS) is 27.3. The van der Waals surface area contributed by atoms with E-state index in [1.54, 1.807) is 0 Å². The van der Waals surface area contributed by atoms with Gasteiger partial charge in [-0.2, -0.15) is 0 Å². The summed E-state index contributed by atoms with van der Waals surface area (Å²) in [6.07, 6.45) is -0.352. The molecule has 0 saturated carbocycles. The molecule has 0 radical (unpaired) electrons. The van der Waals surface area contributed by atoms with E-state index in [1.165, 1.54) is 0 Å². The van der Waals surface area contributed by atoms with Crippen molar-refractivity contribution in [3.05, 3.63) is 0 Å². The van der Waals surface area contributed by atoms with E-state index < -0.39 is 24.3 Å². The first kappa shape index (κ1) is 9.98. The van der Waals surface area contributed by atoms with Gasteiger partial charge in [0.2, 0.25) is 6.29 Å². The highest BCUT2D eigenvalue weighted by atomic mass is 16.8. The highest BCUT2D eigenvalue weighted by Crippen LogP contribution is 2.19. The number of hydrogen-bond acceptors (Lipinski definition) is 4. The first-order valence-electron chi connectivity index (χ1n) is 4.21. The number of carbonyl (C=O) groups excluding carboxylic acids is 1. The van der Waals surface area contributed by atoms with Crippen molar-refractivity contribution in [1.29, 1.82) is 0 Å². The van der Waals surface area contributed by atoms with E-state index >= 15 is 0 Å². The molecule has 1 N–H and O–H groups in total. The lowest BCUT2D eigenvalue weighted by atomic mass is 10.2. The third-order valence-electron chi connectivity index (χ3n) is 1.71. The van der Waals surface area contributed by atoms with Crippen molar-refractivity contribution in [3.63, 3.8) is 0 Å². The van der Waals surface area contributed by atoms with Crippen LogP contribution in [0.2, 0.25) is 0 Å². The summed E-state index contributed by atoms with van der Waals surface area (Å²) in [5.74, 6) is -1.63. The molecule has 0 amide bonds. The predicted octanol–water partition coefficient (Wildman–Crippen LogP) is 0.529. The summed E-state index contributed by atoms with van der Waals surface area (Å²) in [4.78, 5) is 21.3. The molecule has 1 heterocycles. The summed E-state index contributed by atoms with van der Waals surface area (Å²) < 4.78 is 9.86. The largest absolute Gasteiger partial charge is 0.481 e. The van der Waals surface area contributed by atoms with Crippen LogP contribution in [0.5, 0.6) is 0 Å². The van der Waals surface area contributed by atoms with Crippen LogP contribution in [0.1, 0.15) is 26.2 Å². The molecule has 74 valence electrons. The molecule has 13 heavy (non-hydrogen) atoms. The standard InChI is InChI=1S/C8H12O5/c1-2-3-7-12-5(4-6(9)10)8(11)13-7/h5,7H,2-4H2,1H3,(H,9,10)/t5-,7-/m0/s1. The second-order valence-corrected chi connectivity index (χ2v) is 2.88. The van der Waals surface area contributed by atoms with Gasteiger partial charge in [-0.1, -0.05) is 13.3 Å². The predicted molar refractivity (Wildman–Crippen MR) is 41.9 cm³/mol. The molecule has 0 bridgehead atoms. The maximum absolute atomic E-state index is 11.0. The van der Waals surface area contributed by atoms with E-state index in [2.05, 4.69) is 0 Å². The highest BCUT2D eigenvalue weighted by Gasteiger charge is 2.35. The number of carboxylic acids is 1. The first-order valence-corrected chi connectivity index (χ1v) is 4.21. The van der Waals surface area contributed by atoms with Gasteiger partial charge in [0.1, 0.15) is 0 Å². The maximum atomic E-state index is 11.0. The number of cyclic esters (lactones) is 1. The Bertz CT molecular complexity index is 213. The SMILES string of the molecule is CCC[C@@H]1OC(=O)[C@H](CC(=O)O)O1. The van der Waals surface area contributed by atoms with Crippen molar-refractivity contribution >= 4 is 11.9 Å². The van der Waals surface area contributed by atoms with Crippen molar-refractivity contribution in [2.75, 3.05) is 0 Å². The van der Waals surface area contributed by atoms with Gasteiger partial charge >= 0.3 is 11.9 Å². The molecule has 1 fully saturated rings. The molecule has 0 aliphatic carbocycles. The van der Waals surface area contributed by atoms with Crippen LogP contribution in [0, 0.1) is 0 Å². The minimum Gasteiger partial charge on any atom is -0.481 e.